The van der Waals surface area contributed by atoms with Crippen LogP contribution in [0.1, 0.15) is 13.8 Å². The van der Waals surface area contributed by atoms with E-state index in [4.69, 9.17) is 1.41 Å². The van der Waals surface area contributed by atoms with Crippen LogP contribution in [0.25, 0.3) is 0 Å². The van der Waals surface area contributed by atoms with Gasteiger partial charge in [0, 0.05) is 26.2 Å². The maximum absolute atomic E-state index is 7.07. The zero-order valence-corrected chi connectivity index (χ0v) is 5.78. The van der Waals surface area contributed by atoms with Crippen molar-refractivity contribution < 1.29 is 1.41 Å². The van der Waals surface area contributed by atoms with E-state index in [2.05, 4.69) is 5.32 Å². The zero-order valence-electron chi connectivity index (χ0n) is 6.78. The van der Waals surface area contributed by atoms with Crippen LogP contribution < -0.4 is 10.6 Å². The minimum absolute atomic E-state index is 0.875. The van der Waals surface area contributed by atoms with Gasteiger partial charge in [-0.2, -0.15) is 0 Å². The molecule has 0 aromatic rings. The molecule has 2 nitrogen and oxygen atoms in total. The van der Waals surface area contributed by atoms with Crippen molar-refractivity contribution in [1.82, 2.24) is 10.6 Å². The van der Waals surface area contributed by atoms with E-state index in [1.165, 1.54) is 0 Å². The van der Waals surface area contributed by atoms with Crippen LogP contribution in [-0.4, -0.2) is 26.2 Å². The average molecular weight is 118 g/mol. The lowest BCUT2D eigenvalue weighted by Crippen LogP contribution is -2.39. The molecule has 0 saturated carbocycles. The summed E-state index contributed by atoms with van der Waals surface area (Å²) in [5, 5.41) is 4.73. The van der Waals surface area contributed by atoms with Crippen LogP contribution in [0.15, 0.2) is 0 Å². The van der Waals surface area contributed by atoms with Crippen molar-refractivity contribution in [2.75, 3.05) is 26.2 Å². The first-order valence-corrected chi connectivity index (χ1v) is 3.34. The average Bonchev–Trinajstić information content (AvgIpc) is 1.94. The van der Waals surface area contributed by atoms with Gasteiger partial charge in [-0.3, -0.25) is 0 Å². The van der Waals surface area contributed by atoms with E-state index in [1.807, 2.05) is 13.8 Å². The highest BCUT2D eigenvalue weighted by Crippen LogP contribution is 1.65. The van der Waals surface area contributed by atoms with Crippen molar-refractivity contribution in [3.8, 4) is 0 Å². The van der Waals surface area contributed by atoms with Crippen molar-refractivity contribution in [3.05, 3.63) is 0 Å². The monoisotopic (exact) mass is 118 g/mol. The van der Waals surface area contributed by atoms with Crippen molar-refractivity contribution in [2.24, 2.45) is 0 Å². The van der Waals surface area contributed by atoms with Crippen LogP contribution in [-0.2, 0) is 0 Å². The Balaban J connectivity index is 0.000000291. The van der Waals surface area contributed by atoms with Crippen LogP contribution in [0.2, 0.25) is 1.41 Å². The molecule has 0 bridgehead atoms. The second kappa shape index (κ2) is 6.92. The molecule has 0 aromatic carbocycles. The van der Waals surface area contributed by atoms with Gasteiger partial charge >= 0.3 is 0 Å². The fourth-order valence-corrected chi connectivity index (χ4v) is 0.553. The maximum Gasteiger partial charge on any atom is 0.122 e. The molecule has 2 N–H and O–H groups in total. The lowest BCUT2D eigenvalue weighted by Gasteiger charge is -2.11. The molecular weight excluding hydrogens is 100 g/mol. The fourth-order valence-electron chi connectivity index (χ4n) is 0.553. The summed E-state index contributed by atoms with van der Waals surface area (Å²) in [4.78, 5) is 0. The maximum atomic E-state index is 7.07. The molecule has 0 atom stereocenters. The zero-order chi connectivity index (χ0) is 7.11. The summed E-state index contributed by atoms with van der Waals surface area (Å²) in [6.07, 6.45) is 0. The van der Waals surface area contributed by atoms with Gasteiger partial charge in [-0.1, -0.05) is 13.8 Å². The second-order valence-electron chi connectivity index (χ2n) is 1.42. The second-order valence-corrected chi connectivity index (χ2v) is 1.42. The molecule has 0 radical (unpaired) electrons. The van der Waals surface area contributed by atoms with Crippen molar-refractivity contribution >= 4 is 0 Å². The van der Waals surface area contributed by atoms with E-state index in [0.29, 0.717) is 0 Å². The molecule has 0 aromatic heterocycles. The molecule has 1 aliphatic rings. The summed E-state index contributed by atoms with van der Waals surface area (Å²) in [6, 6.07) is 0. The number of piperazine rings is 1. The first-order chi connectivity index (χ1) is 4.39. The molecular formula is C6H16N2. The topological polar surface area (TPSA) is 24.1 Å². The smallest absolute Gasteiger partial charge is 0.122 e. The Morgan fingerprint density at radius 2 is 1.62 bits per heavy atom. The fraction of sp³-hybridized carbons (Fsp3) is 1.00. The van der Waals surface area contributed by atoms with E-state index < -0.39 is 0 Å². The van der Waals surface area contributed by atoms with Gasteiger partial charge < -0.3 is 10.6 Å². The Bertz CT molecular complexity index is 53.0. The van der Waals surface area contributed by atoms with Gasteiger partial charge in [0.15, 0.2) is 0 Å². The molecule has 2 heteroatoms. The van der Waals surface area contributed by atoms with Crippen molar-refractivity contribution in [1.29, 1.82) is 0 Å². The summed E-state index contributed by atoms with van der Waals surface area (Å²) in [6.45, 7) is 7.70. The van der Waals surface area contributed by atoms with Crippen LogP contribution in [0, 0.1) is 0 Å². The number of rotatable bonds is 0. The lowest BCUT2D eigenvalue weighted by molar-refractivity contribution is 0.534. The van der Waals surface area contributed by atoms with E-state index in [-0.39, 0.29) is 0 Å². The number of hydrogen-bond donors (Lipinski definition) is 2. The molecule has 50 valence electrons. The molecule has 0 unspecified atom stereocenters. The van der Waals surface area contributed by atoms with Crippen LogP contribution in [0.4, 0.5) is 0 Å². The number of hydrogen-bond acceptors (Lipinski definition) is 2. The van der Waals surface area contributed by atoms with Crippen molar-refractivity contribution in [2.45, 2.75) is 13.8 Å². The summed E-state index contributed by atoms with van der Waals surface area (Å²) in [5.74, 6) is 0. The quantitative estimate of drug-likeness (QED) is 0.475. The molecule has 1 heterocycles. The molecule has 1 aliphatic heterocycles. The first kappa shape index (κ1) is 6.05. The van der Waals surface area contributed by atoms with Crippen LogP contribution in [0.3, 0.4) is 0 Å². The highest BCUT2D eigenvalue weighted by Gasteiger charge is 1.91. The Kier molecular flexibility index (Phi) is 5.23. The standard InChI is InChI=1S/C4H10N2.C2H6/c1-2-6-4-3-5-1;1-2/h5-6H,1-4H2;1-2H3/i/hT. The summed E-state index contributed by atoms with van der Waals surface area (Å²) < 4.78 is 7.07. The molecule has 1 saturated heterocycles. The van der Waals surface area contributed by atoms with E-state index in [0.717, 1.165) is 26.2 Å². The lowest BCUT2D eigenvalue weighted by atomic mass is 10.4. The largest absolute Gasteiger partial charge is 0.314 e. The third-order valence-corrected chi connectivity index (χ3v) is 0.893. The molecule has 0 spiro atoms. The summed E-state index contributed by atoms with van der Waals surface area (Å²) >= 11 is 0. The number of nitrogens with one attached hydrogen (secondary N) is 2. The van der Waals surface area contributed by atoms with Gasteiger partial charge in [0.25, 0.3) is 0 Å². The predicted molar refractivity (Wildman–Crippen MR) is 37.1 cm³/mol. The van der Waals surface area contributed by atoms with E-state index in [9.17, 15) is 0 Å². The van der Waals surface area contributed by atoms with Gasteiger partial charge in [0.05, 0.1) is 0 Å². The SMILES string of the molecule is CC.[3H]N1CCNCC1. The van der Waals surface area contributed by atoms with Gasteiger partial charge in [-0.05, 0) is 0 Å². The Morgan fingerprint density at radius 3 is 1.88 bits per heavy atom. The van der Waals surface area contributed by atoms with Gasteiger partial charge in [-0.25, -0.2) is 0 Å². The third kappa shape index (κ3) is 4.09. The molecule has 0 aliphatic carbocycles. The first-order valence-electron chi connectivity index (χ1n) is 3.79. The minimum atomic E-state index is 0.875. The minimum Gasteiger partial charge on any atom is -0.314 e. The van der Waals surface area contributed by atoms with E-state index >= 15 is 0 Å². The highest BCUT2D eigenvalue weighted by molar-refractivity contribution is 4.59. The normalized spacial score (nSPS) is 23.0. The van der Waals surface area contributed by atoms with Gasteiger partial charge in [-0.15, -0.1) is 0 Å². The van der Waals surface area contributed by atoms with Crippen LogP contribution in [0.5, 0.6) is 0 Å². The molecule has 1 rings (SSSR count). The Morgan fingerprint density at radius 1 is 1.12 bits per heavy atom. The molecule has 1 fully saturated rings. The van der Waals surface area contributed by atoms with Gasteiger partial charge in [0.2, 0.25) is 0 Å². The summed E-state index contributed by atoms with van der Waals surface area (Å²) in [5.41, 5.74) is 0. The Labute approximate surface area is 53.1 Å². The van der Waals surface area contributed by atoms with Crippen molar-refractivity contribution in [3.63, 3.8) is 0 Å². The third-order valence-electron chi connectivity index (χ3n) is 0.893. The summed E-state index contributed by atoms with van der Waals surface area (Å²) in [7, 11) is 0. The predicted octanol–water partition coefficient (Wildman–Crippen LogP) is 0.205. The highest BCUT2D eigenvalue weighted by atomic mass is 15.0. The van der Waals surface area contributed by atoms with Gasteiger partial charge in [0.1, 0.15) is 1.41 Å². The molecule has 8 heavy (non-hydrogen) atoms. The van der Waals surface area contributed by atoms with Crippen LogP contribution >= 0.6 is 0 Å². The Hall–Kier alpha value is -0.0800. The van der Waals surface area contributed by atoms with E-state index in [1.54, 1.807) is 5.31 Å². The molecule has 0 amide bonds.